The number of hydrogen-bond acceptors (Lipinski definition) is 6. The van der Waals surface area contributed by atoms with Crippen LogP contribution in [0.3, 0.4) is 0 Å². The van der Waals surface area contributed by atoms with Crippen LogP contribution in [0.25, 0.3) is 0 Å². The van der Waals surface area contributed by atoms with Gasteiger partial charge in [-0.2, -0.15) is 0 Å². The summed E-state index contributed by atoms with van der Waals surface area (Å²) in [5.41, 5.74) is 2.54. The van der Waals surface area contributed by atoms with E-state index in [1.54, 1.807) is 0 Å². The summed E-state index contributed by atoms with van der Waals surface area (Å²) >= 11 is 0. The van der Waals surface area contributed by atoms with Crippen LogP contribution < -0.4 is 5.73 Å². The van der Waals surface area contributed by atoms with E-state index in [2.05, 4.69) is 5.73 Å². The third-order valence-corrected chi connectivity index (χ3v) is 2.94. The highest BCUT2D eigenvalue weighted by atomic mass is 16.6. The number of para-hydroxylation sites is 1. The Hall–Kier alpha value is -3.01. The summed E-state index contributed by atoms with van der Waals surface area (Å²) in [4.78, 5) is 43.7. The van der Waals surface area contributed by atoms with E-state index in [0.29, 0.717) is 0 Å². The zero-order valence-electron chi connectivity index (χ0n) is 11.9. The van der Waals surface area contributed by atoms with Crippen LogP contribution >= 0.6 is 0 Å². The molecule has 0 spiro atoms. The molecule has 5 N–H and O–H groups in total. The van der Waals surface area contributed by atoms with Crippen molar-refractivity contribution in [3.63, 3.8) is 0 Å². The number of benzene rings is 1. The minimum Gasteiger partial charge on any atom is -0.478 e. The lowest BCUT2D eigenvalue weighted by Crippen LogP contribution is -2.64. The fourth-order valence-electron chi connectivity index (χ4n) is 1.73. The number of carbonyl (C=O) groups excluding carboxylic acids is 1. The third kappa shape index (κ3) is 5.04. The predicted molar refractivity (Wildman–Crippen MR) is 73.1 cm³/mol. The largest absolute Gasteiger partial charge is 0.478 e. The molecule has 0 aliphatic heterocycles. The maximum Gasteiger partial charge on any atom is 0.362 e. The number of carboxylic acid groups (broad SMARTS) is 2. The second-order valence-corrected chi connectivity index (χ2v) is 4.60. The van der Waals surface area contributed by atoms with Crippen molar-refractivity contribution in [1.29, 1.82) is 0 Å². The quantitative estimate of drug-likeness (QED) is 0.333. The molecular weight excluding hydrogens is 312 g/mol. The Bertz CT molecular complexity index is 630. The first kappa shape index (κ1) is 18.0. The number of quaternary nitrogens is 1. The summed E-state index contributed by atoms with van der Waals surface area (Å²) in [5.74, 6) is -3.76. The third-order valence-electron chi connectivity index (χ3n) is 2.94. The zero-order valence-corrected chi connectivity index (χ0v) is 11.9. The van der Waals surface area contributed by atoms with Gasteiger partial charge in [-0.15, -0.1) is 0 Å². The molecule has 0 amide bonds. The molecule has 0 bridgehead atoms. The molecule has 0 heterocycles. The van der Waals surface area contributed by atoms with Crippen molar-refractivity contribution in [1.82, 2.24) is 0 Å². The van der Waals surface area contributed by atoms with Gasteiger partial charge in [0.1, 0.15) is 0 Å². The molecule has 0 fully saturated rings. The van der Waals surface area contributed by atoms with Gasteiger partial charge in [-0.25, -0.2) is 9.59 Å². The fraction of sp³-hybridized carbons (Fsp3) is 0.308. The van der Waals surface area contributed by atoms with Crippen molar-refractivity contribution in [3.05, 3.63) is 39.9 Å². The number of ether oxygens (including phenoxy) is 1. The number of nitro groups is 1. The van der Waals surface area contributed by atoms with E-state index >= 15 is 0 Å². The van der Waals surface area contributed by atoms with Gasteiger partial charge in [-0.3, -0.25) is 14.9 Å². The molecular formula is C13H15N2O8+. The zero-order chi connectivity index (χ0) is 17.6. The second-order valence-electron chi connectivity index (χ2n) is 4.60. The Labute approximate surface area is 129 Å². The molecule has 10 nitrogen and oxygen atoms in total. The van der Waals surface area contributed by atoms with Gasteiger partial charge in [-0.1, -0.05) is 12.1 Å². The normalized spacial score (nSPS) is 12.9. The minimum atomic E-state index is -1.85. The molecule has 10 heteroatoms. The number of aliphatic carboxylic acids is 2. The van der Waals surface area contributed by atoms with Gasteiger partial charge < -0.3 is 20.7 Å². The summed E-state index contributed by atoms with van der Waals surface area (Å²) in [6, 6.07) is 3.95. The molecule has 1 rings (SSSR count). The number of nitro benzene ring substituents is 1. The van der Waals surface area contributed by atoms with Gasteiger partial charge in [0.15, 0.2) is 6.04 Å². The molecule has 0 radical (unpaired) electrons. The molecule has 1 unspecified atom stereocenters. The van der Waals surface area contributed by atoms with E-state index in [9.17, 15) is 24.5 Å². The summed E-state index contributed by atoms with van der Waals surface area (Å²) in [5, 5.41) is 28.7. The van der Waals surface area contributed by atoms with Gasteiger partial charge in [-0.05, 0) is 6.07 Å². The number of nitrogens with zero attached hydrogens (tertiary/aromatic N) is 1. The van der Waals surface area contributed by atoms with E-state index in [4.69, 9.17) is 14.9 Å². The lowest BCUT2D eigenvalue weighted by molar-refractivity contribution is -0.408. The molecule has 0 saturated heterocycles. The van der Waals surface area contributed by atoms with Crippen molar-refractivity contribution in [3.8, 4) is 0 Å². The van der Waals surface area contributed by atoms with Gasteiger partial charge in [0, 0.05) is 12.5 Å². The predicted octanol–water partition coefficient (Wildman–Crippen LogP) is -0.261. The molecule has 0 aliphatic rings. The first-order valence-corrected chi connectivity index (χ1v) is 6.45. The minimum absolute atomic E-state index is 0.141. The molecule has 23 heavy (non-hydrogen) atoms. The summed E-state index contributed by atoms with van der Waals surface area (Å²) < 4.78 is 4.76. The molecule has 0 aromatic heterocycles. The smallest absolute Gasteiger partial charge is 0.362 e. The van der Waals surface area contributed by atoms with Gasteiger partial charge in [0.2, 0.25) is 6.10 Å². The molecule has 0 aliphatic carbocycles. The number of hydrogen-bond donors (Lipinski definition) is 3. The van der Waals surface area contributed by atoms with Crippen LogP contribution in [0.5, 0.6) is 0 Å². The van der Waals surface area contributed by atoms with E-state index in [1.165, 1.54) is 18.2 Å². The Morgan fingerprint density at radius 3 is 2.35 bits per heavy atom. The van der Waals surface area contributed by atoms with Crippen molar-refractivity contribution < 1.29 is 40.0 Å². The van der Waals surface area contributed by atoms with Gasteiger partial charge in [0.25, 0.3) is 5.69 Å². The van der Waals surface area contributed by atoms with Gasteiger partial charge in [0.05, 0.1) is 16.9 Å². The molecule has 0 saturated carbocycles. The number of carboxylic acids is 2. The van der Waals surface area contributed by atoms with Crippen LogP contribution in [0, 0.1) is 10.1 Å². The highest BCUT2D eigenvalue weighted by Gasteiger charge is 2.31. The lowest BCUT2D eigenvalue weighted by atomic mass is 10.1. The number of esters is 1. The first-order chi connectivity index (χ1) is 10.7. The molecule has 1 aromatic rings. The fourth-order valence-corrected chi connectivity index (χ4v) is 1.73. The van der Waals surface area contributed by atoms with Crippen LogP contribution in [-0.2, 0) is 19.1 Å². The van der Waals surface area contributed by atoms with E-state index < -0.39 is 40.7 Å². The molecule has 2 atom stereocenters. The van der Waals surface area contributed by atoms with Crippen molar-refractivity contribution >= 4 is 23.6 Å². The maximum absolute atomic E-state index is 11.7. The second kappa shape index (κ2) is 7.84. The standard InChI is InChI=1S/C13H14N2O8/c14-8(12(17)18)5-6-10(16)23-11(13(19)20)7-3-1-2-4-9(7)15(21)22/h1-4,8,11H,5-6,14H2,(H,17,18)(H,19,20)/p+1/t8-,11?/m0/s1. The summed E-state index contributed by atoms with van der Waals surface area (Å²) in [7, 11) is 0. The molecule has 1 aromatic carbocycles. The topological polar surface area (TPSA) is 172 Å². The first-order valence-electron chi connectivity index (χ1n) is 6.45. The SMILES string of the molecule is [NH3+][C@@H](CCC(=O)OC(C(=O)O)c1ccccc1[N+](=O)[O-])C(=O)O. The van der Waals surface area contributed by atoms with E-state index in [1.807, 2.05) is 0 Å². The number of rotatable bonds is 8. The Balaban J connectivity index is 2.89. The lowest BCUT2D eigenvalue weighted by Gasteiger charge is -2.14. The average Bonchev–Trinajstić information content (AvgIpc) is 2.49. The van der Waals surface area contributed by atoms with Crippen LogP contribution in [0.2, 0.25) is 0 Å². The highest BCUT2D eigenvalue weighted by molar-refractivity contribution is 5.81. The van der Waals surface area contributed by atoms with Crippen molar-refractivity contribution in [2.24, 2.45) is 0 Å². The Morgan fingerprint density at radius 2 is 1.83 bits per heavy atom. The van der Waals surface area contributed by atoms with Crippen LogP contribution in [-0.4, -0.2) is 39.1 Å². The summed E-state index contributed by atoms with van der Waals surface area (Å²) in [6.07, 6.45) is -2.36. The Morgan fingerprint density at radius 1 is 1.22 bits per heavy atom. The van der Waals surface area contributed by atoms with Crippen molar-refractivity contribution in [2.75, 3.05) is 0 Å². The Kier molecular flexibility index (Phi) is 6.15. The monoisotopic (exact) mass is 327 g/mol. The van der Waals surface area contributed by atoms with Crippen LogP contribution in [0.15, 0.2) is 24.3 Å². The van der Waals surface area contributed by atoms with Gasteiger partial charge >= 0.3 is 17.9 Å². The van der Waals surface area contributed by atoms with E-state index in [0.717, 1.165) is 6.07 Å². The highest BCUT2D eigenvalue weighted by Crippen LogP contribution is 2.28. The summed E-state index contributed by atoms with van der Waals surface area (Å²) in [6.45, 7) is 0. The van der Waals surface area contributed by atoms with Crippen molar-refractivity contribution in [2.45, 2.75) is 25.0 Å². The average molecular weight is 327 g/mol. The van der Waals surface area contributed by atoms with E-state index in [-0.39, 0.29) is 18.4 Å². The van der Waals surface area contributed by atoms with Crippen LogP contribution in [0.1, 0.15) is 24.5 Å². The maximum atomic E-state index is 11.7. The number of carbonyl (C=O) groups is 3. The molecule has 124 valence electrons. The van der Waals surface area contributed by atoms with Crippen LogP contribution in [0.4, 0.5) is 5.69 Å².